The molecular formula is C70H46N2O3. The van der Waals surface area contributed by atoms with Crippen LogP contribution in [0.3, 0.4) is 0 Å². The lowest BCUT2D eigenvalue weighted by Gasteiger charge is -2.27. The van der Waals surface area contributed by atoms with Crippen molar-refractivity contribution in [1.82, 2.24) is 0 Å². The van der Waals surface area contributed by atoms with Gasteiger partial charge in [0.2, 0.25) is 0 Å². The van der Waals surface area contributed by atoms with E-state index in [2.05, 4.69) is 266 Å². The SMILES string of the molecule is Cc1ccccc1-c1cccc2c1oc1c(N(c3ccccc3)c3cc4c5cc(N(c6ccccc6)c6cccc7c6oc6c(-c8ccccc8C)cccc67)c6ccccc6c5oc4c4ccccc34)cccc12. The summed E-state index contributed by atoms with van der Waals surface area (Å²) in [6, 6.07) is 86.3. The molecule has 5 nitrogen and oxygen atoms in total. The molecule has 3 heterocycles. The van der Waals surface area contributed by atoms with Crippen LogP contribution in [0, 0.1) is 13.8 Å². The summed E-state index contributed by atoms with van der Waals surface area (Å²) in [6.45, 7) is 4.32. The largest absolute Gasteiger partial charge is 0.455 e. The van der Waals surface area contributed by atoms with Gasteiger partial charge < -0.3 is 23.1 Å². The molecule has 0 bridgehead atoms. The third-order valence-corrected chi connectivity index (χ3v) is 15.3. The molecule has 75 heavy (non-hydrogen) atoms. The predicted octanol–water partition coefficient (Wildman–Crippen LogP) is 20.6. The van der Waals surface area contributed by atoms with Gasteiger partial charge >= 0.3 is 0 Å². The molecule has 0 atom stereocenters. The van der Waals surface area contributed by atoms with Crippen LogP contribution >= 0.6 is 0 Å². The van der Waals surface area contributed by atoms with Gasteiger partial charge in [0.15, 0.2) is 11.2 Å². The zero-order valence-electron chi connectivity index (χ0n) is 41.2. The van der Waals surface area contributed by atoms with E-state index in [0.29, 0.717) is 0 Å². The van der Waals surface area contributed by atoms with Crippen molar-refractivity contribution in [3.8, 4) is 22.3 Å². The number of aryl methyl sites for hydroxylation is 2. The van der Waals surface area contributed by atoms with Crippen LogP contribution in [-0.2, 0) is 0 Å². The standard InChI is InChI=1S/C70H46N2O3/c1-43-21-9-11-27-47(43)51-33-17-35-55-57-37-19-39-61(69(57)74-65(51)55)71(45-23-5-3-6-24-45)63-41-59-60-42-64(50-30-14-16-32-54(50)68(60)73-67(59)53-31-15-13-29-49(53)63)72(46-25-7-4-8-26-46)62-40-20-38-58-56-36-18-34-52(66(56)75-70(58)62)48-28-12-10-22-44(48)2/h3-42H,1-2H3. The lowest BCUT2D eigenvalue weighted by molar-refractivity contribution is 0.670. The molecule has 0 saturated carbocycles. The Kier molecular flexibility index (Phi) is 9.63. The number of furan rings is 3. The molecule has 5 heteroatoms. The molecule has 0 radical (unpaired) electrons. The fourth-order valence-corrected chi connectivity index (χ4v) is 11.9. The molecule has 0 spiro atoms. The average Bonchev–Trinajstić information content (AvgIpc) is 4.17. The normalized spacial score (nSPS) is 11.9. The molecule has 0 aliphatic heterocycles. The first-order valence-electron chi connectivity index (χ1n) is 25.6. The molecular weight excluding hydrogens is 917 g/mol. The minimum absolute atomic E-state index is 0.816. The zero-order chi connectivity index (χ0) is 49.7. The number of fused-ring (bicyclic) bond motifs is 13. The minimum atomic E-state index is 0.816. The van der Waals surface area contributed by atoms with Gasteiger partial charge in [0, 0.05) is 76.4 Å². The Morgan fingerprint density at radius 3 is 0.960 bits per heavy atom. The maximum absolute atomic E-state index is 7.25. The molecule has 0 aliphatic carbocycles. The average molecular weight is 963 g/mol. The monoisotopic (exact) mass is 962 g/mol. The molecule has 0 saturated heterocycles. The van der Waals surface area contributed by atoms with Crippen molar-refractivity contribution < 1.29 is 13.3 Å². The highest BCUT2D eigenvalue weighted by atomic mass is 16.3. The number of hydrogen-bond acceptors (Lipinski definition) is 5. The van der Waals surface area contributed by atoms with Crippen LogP contribution < -0.4 is 9.80 Å². The van der Waals surface area contributed by atoms with Gasteiger partial charge in [0.05, 0.1) is 22.7 Å². The molecule has 15 aromatic rings. The van der Waals surface area contributed by atoms with Crippen molar-refractivity contribution in [2.45, 2.75) is 13.8 Å². The second-order valence-corrected chi connectivity index (χ2v) is 19.6. The maximum Gasteiger partial charge on any atom is 0.159 e. The summed E-state index contributed by atoms with van der Waals surface area (Å²) in [7, 11) is 0. The van der Waals surface area contributed by atoms with Crippen LogP contribution in [0.25, 0.3) is 110 Å². The lowest BCUT2D eigenvalue weighted by Crippen LogP contribution is -2.11. The first kappa shape index (κ1) is 42.8. The summed E-state index contributed by atoms with van der Waals surface area (Å²) in [5, 5.41) is 10.4. The number of anilines is 6. The number of hydrogen-bond donors (Lipinski definition) is 0. The van der Waals surface area contributed by atoms with E-state index in [1.807, 2.05) is 0 Å². The summed E-state index contributed by atoms with van der Waals surface area (Å²) in [5.41, 5.74) is 17.8. The van der Waals surface area contributed by atoms with Crippen molar-refractivity contribution in [3.63, 3.8) is 0 Å². The molecule has 354 valence electrons. The fraction of sp³-hybridized carbons (Fsp3) is 0.0286. The van der Waals surface area contributed by atoms with Gasteiger partial charge in [-0.2, -0.15) is 0 Å². The Hall–Kier alpha value is -9.84. The van der Waals surface area contributed by atoms with Crippen molar-refractivity contribution in [1.29, 1.82) is 0 Å². The van der Waals surface area contributed by atoms with Crippen LogP contribution in [0.4, 0.5) is 34.1 Å². The van der Waals surface area contributed by atoms with Gasteiger partial charge in [-0.1, -0.05) is 194 Å². The Balaban J connectivity index is 1.00. The summed E-state index contributed by atoms with van der Waals surface area (Å²) in [5.74, 6) is 0. The lowest BCUT2D eigenvalue weighted by atomic mass is 9.98. The van der Waals surface area contributed by atoms with Gasteiger partial charge in [-0.05, 0) is 84.6 Å². The fourth-order valence-electron chi connectivity index (χ4n) is 11.9. The van der Waals surface area contributed by atoms with Crippen LogP contribution in [0.5, 0.6) is 0 Å². The zero-order valence-corrected chi connectivity index (χ0v) is 41.2. The first-order chi connectivity index (χ1) is 37.1. The molecule has 12 aromatic carbocycles. The van der Waals surface area contributed by atoms with Gasteiger partial charge in [-0.3, -0.25) is 0 Å². The van der Waals surface area contributed by atoms with E-state index in [0.717, 1.165) is 144 Å². The highest BCUT2D eigenvalue weighted by Crippen LogP contribution is 2.52. The van der Waals surface area contributed by atoms with E-state index in [4.69, 9.17) is 13.3 Å². The van der Waals surface area contributed by atoms with E-state index in [9.17, 15) is 0 Å². The molecule has 0 amide bonds. The summed E-state index contributed by atoms with van der Waals surface area (Å²) >= 11 is 0. The molecule has 15 rings (SSSR count). The van der Waals surface area contributed by atoms with Crippen molar-refractivity contribution in [3.05, 3.63) is 254 Å². The Morgan fingerprint density at radius 2 is 0.533 bits per heavy atom. The third kappa shape index (κ3) is 6.58. The Labute approximate surface area is 432 Å². The highest BCUT2D eigenvalue weighted by Gasteiger charge is 2.28. The van der Waals surface area contributed by atoms with E-state index < -0.39 is 0 Å². The Morgan fingerprint density at radius 1 is 0.227 bits per heavy atom. The quantitative estimate of drug-likeness (QED) is 0.152. The van der Waals surface area contributed by atoms with Crippen LogP contribution in [0.2, 0.25) is 0 Å². The summed E-state index contributed by atoms with van der Waals surface area (Å²) in [6.07, 6.45) is 0. The van der Waals surface area contributed by atoms with E-state index in [1.54, 1.807) is 0 Å². The third-order valence-electron chi connectivity index (χ3n) is 15.3. The Bertz CT molecular complexity index is 4450. The number of rotatable bonds is 8. The summed E-state index contributed by atoms with van der Waals surface area (Å²) in [4.78, 5) is 4.73. The van der Waals surface area contributed by atoms with Gasteiger partial charge in [0.25, 0.3) is 0 Å². The topological polar surface area (TPSA) is 45.9 Å². The second-order valence-electron chi connectivity index (χ2n) is 19.6. The highest BCUT2D eigenvalue weighted by molar-refractivity contribution is 6.26. The molecule has 0 aliphatic rings. The molecule has 0 N–H and O–H groups in total. The smallest absolute Gasteiger partial charge is 0.159 e. The minimum Gasteiger partial charge on any atom is -0.455 e. The van der Waals surface area contributed by atoms with E-state index in [1.165, 1.54) is 11.1 Å². The van der Waals surface area contributed by atoms with Crippen LogP contribution in [0.1, 0.15) is 11.1 Å². The van der Waals surface area contributed by atoms with Crippen LogP contribution in [0.15, 0.2) is 256 Å². The maximum atomic E-state index is 7.25. The van der Waals surface area contributed by atoms with Crippen molar-refractivity contribution in [2.24, 2.45) is 0 Å². The number of nitrogens with zero attached hydrogens (tertiary/aromatic N) is 2. The molecule has 0 unspecified atom stereocenters. The number of para-hydroxylation sites is 6. The van der Waals surface area contributed by atoms with Crippen molar-refractivity contribution >= 4 is 121 Å². The van der Waals surface area contributed by atoms with Gasteiger partial charge in [-0.25, -0.2) is 0 Å². The van der Waals surface area contributed by atoms with Crippen LogP contribution in [-0.4, -0.2) is 0 Å². The molecule has 0 fully saturated rings. The second kappa shape index (κ2) is 16.9. The summed E-state index contributed by atoms with van der Waals surface area (Å²) < 4.78 is 21.6. The van der Waals surface area contributed by atoms with E-state index >= 15 is 0 Å². The van der Waals surface area contributed by atoms with Gasteiger partial charge in [-0.15, -0.1) is 0 Å². The van der Waals surface area contributed by atoms with Gasteiger partial charge in [0.1, 0.15) is 22.3 Å². The van der Waals surface area contributed by atoms with Crippen molar-refractivity contribution in [2.75, 3.05) is 9.80 Å². The predicted molar refractivity (Wildman–Crippen MR) is 313 cm³/mol. The van der Waals surface area contributed by atoms with E-state index in [-0.39, 0.29) is 0 Å². The number of benzene rings is 12. The first-order valence-corrected chi connectivity index (χ1v) is 25.6. The molecule has 3 aromatic heterocycles.